The highest BCUT2D eigenvalue weighted by atomic mass is 16.3. The average molecular weight is 434 g/mol. The van der Waals surface area contributed by atoms with Crippen molar-refractivity contribution >= 4 is 22.9 Å². The summed E-state index contributed by atoms with van der Waals surface area (Å²) in [5.74, 6) is -0.168. The minimum Gasteiger partial charge on any atom is -0.463 e. The van der Waals surface area contributed by atoms with Crippen molar-refractivity contribution in [2.24, 2.45) is 0 Å². The largest absolute Gasteiger partial charge is 0.463 e. The van der Waals surface area contributed by atoms with Crippen LogP contribution in [0.3, 0.4) is 0 Å². The Kier molecular flexibility index (Phi) is 5.53. The van der Waals surface area contributed by atoms with Gasteiger partial charge in [0.1, 0.15) is 11.2 Å². The second-order valence-corrected chi connectivity index (χ2v) is 9.41. The van der Waals surface area contributed by atoms with E-state index in [-0.39, 0.29) is 17.9 Å². The zero-order chi connectivity index (χ0) is 22.1. The number of rotatable bonds is 5. The van der Waals surface area contributed by atoms with Gasteiger partial charge in [-0.2, -0.15) is 0 Å². The molecule has 2 aromatic heterocycles. The molecule has 2 amide bonds. The molecule has 6 heteroatoms. The summed E-state index contributed by atoms with van der Waals surface area (Å²) < 4.78 is 7.51. The molecule has 0 unspecified atom stereocenters. The third-order valence-electron chi connectivity index (χ3n) is 7.20. The molecule has 3 aromatic rings. The molecular weight excluding hydrogens is 402 g/mol. The van der Waals surface area contributed by atoms with E-state index in [0.717, 1.165) is 36.8 Å². The van der Waals surface area contributed by atoms with Crippen molar-refractivity contribution in [3.05, 3.63) is 60.0 Å². The number of aromatic nitrogens is 1. The molecule has 32 heavy (non-hydrogen) atoms. The summed E-state index contributed by atoms with van der Waals surface area (Å²) in [6.45, 7) is 2.82. The number of hydrogen-bond donors (Lipinski definition) is 1. The van der Waals surface area contributed by atoms with E-state index in [9.17, 15) is 9.59 Å². The number of carbonyl (C=O) groups is 2. The number of nitrogens with zero attached hydrogens (tertiary/aromatic N) is 2. The van der Waals surface area contributed by atoms with Gasteiger partial charge in [-0.05, 0) is 31.7 Å². The smallest absolute Gasteiger partial charge is 0.271 e. The monoisotopic (exact) mass is 433 g/mol. The fourth-order valence-electron chi connectivity index (χ4n) is 5.27. The lowest BCUT2D eigenvalue weighted by Gasteiger charge is -2.44. The molecule has 1 atom stereocenters. The topological polar surface area (TPSA) is 67.5 Å². The van der Waals surface area contributed by atoms with Crippen molar-refractivity contribution in [2.75, 3.05) is 6.54 Å². The number of nitrogens with one attached hydrogen (secondary N) is 1. The van der Waals surface area contributed by atoms with E-state index in [4.69, 9.17) is 4.42 Å². The SMILES string of the molecule is C[C@@]1(C(=O)NC2CCCCCC2)Cn2c(cc3occc32)C(=O)N1CCc1ccccc1. The minimum absolute atomic E-state index is 0.0539. The van der Waals surface area contributed by atoms with E-state index in [1.54, 1.807) is 17.2 Å². The number of carbonyl (C=O) groups excluding carboxylic acids is 2. The Balaban J connectivity index is 1.46. The van der Waals surface area contributed by atoms with Gasteiger partial charge in [0.05, 0.1) is 18.3 Å². The molecule has 2 aliphatic rings. The third-order valence-corrected chi connectivity index (χ3v) is 7.20. The van der Waals surface area contributed by atoms with E-state index in [1.165, 1.54) is 12.8 Å². The molecule has 0 radical (unpaired) electrons. The second kappa shape index (κ2) is 8.49. The highest BCUT2D eigenvalue weighted by Crippen LogP contribution is 2.33. The van der Waals surface area contributed by atoms with E-state index in [2.05, 4.69) is 17.4 Å². The molecule has 5 rings (SSSR count). The van der Waals surface area contributed by atoms with Gasteiger partial charge in [-0.25, -0.2) is 0 Å². The van der Waals surface area contributed by atoms with Gasteiger partial charge in [0.2, 0.25) is 5.91 Å². The molecule has 1 saturated carbocycles. The first-order chi connectivity index (χ1) is 15.6. The van der Waals surface area contributed by atoms with E-state index >= 15 is 0 Å². The van der Waals surface area contributed by atoms with Gasteiger partial charge in [0.25, 0.3) is 5.91 Å². The summed E-state index contributed by atoms with van der Waals surface area (Å²) in [4.78, 5) is 29.2. The first-order valence-corrected chi connectivity index (χ1v) is 11.8. The van der Waals surface area contributed by atoms with Crippen LogP contribution in [0.25, 0.3) is 11.1 Å². The fourth-order valence-corrected chi connectivity index (χ4v) is 5.27. The molecule has 0 spiro atoms. The van der Waals surface area contributed by atoms with Crippen molar-refractivity contribution < 1.29 is 14.0 Å². The molecular formula is C26H31N3O3. The lowest BCUT2D eigenvalue weighted by molar-refractivity contribution is -0.133. The Morgan fingerprint density at radius 3 is 2.62 bits per heavy atom. The highest BCUT2D eigenvalue weighted by Gasteiger charge is 2.48. The minimum atomic E-state index is -0.964. The van der Waals surface area contributed by atoms with Crippen LogP contribution in [0.15, 0.2) is 53.1 Å². The number of amides is 2. The molecule has 0 bridgehead atoms. The second-order valence-electron chi connectivity index (χ2n) is 9.41. The predicted octanol–water partition coefficient (Wildman–Crippen LogP) is 4.53. The van der Waals surface area contributed by atoms with Crippen LogP contribution in [0.1, 0.15) is 61.5 Å². The fraction of sp³-hybridized carbons (Fsp3) is 0.462. The van der Waals surface area contributed by atoms with Crippen molar-refractivity contribution in [3.63, 3.8) is 0 Å². The van der Waals surface area contributed by atoms with Crippen molar-refractivity contribution in [3.8, 4) is 0 Å². The molecule has 168 valence electrons. The Labute approximate surface area is 188 Å². The third kappa shape index (κ3) is 3.72. The van der Waals surface area contributed by atoms with Crippen LogP contribution < -0.4 is 5.32 Å². The standard InChI is InChI=1S/C26H31N3O3/c1-26(25(31)27-20-11-7-2-3-8-12-20)18-28-21-14-16-32-23(21)17-22(28)24(30)29(26)15-13-19-9-5-4-6-10-19/h4-6,9-10,14,16-17,20H,2-3,7-8,11-13,15,18H2,1H3,(H,27,31)/t26-/m0/s1. The predicted molar refractivity (Wildman–Crippen MR) is 123 cm³/mol. The van der Waals surface area contributed by atoms with E-state index < -0.39 is 5.54 Å². The van der Waals surface area contributed by atoms with E-state index in [0.29, 0.717) is 30.8 Å². The summed E-state index contributed by atoms with van der Waals surface area (Å²) in [7, 11) is 0. The van der Waals surface area contributed by atoms with Gasteiger partial charge in [-0.3, -0.25) is 9.59 Å². The van der Waals surface area contributed by atoms with Crippen molar-refractivity contribution in [1.29, 1.82) is 0 Å². The summed E-state index contributed by atoms with van der Waals surface area (Å²) >= 11 is 0. The average Bonchev–Trinajstić information content (AvgIpc) is 3.29. The van der Waals surface area contributed by atoms with Gasteiger partial charge >= 0.3 is 0 Å². The van der Waals surface area contributed by atoms with Crippen molar-refractivity contribution in [1.82, 2.24) is 14.8 Å². The van der Waals surface area contributed by atoms with Gasteiger partial charge in [0, 0.05) is 24.7 Å². The maximum absolute atomic E-state index is 13.7. The van der Waals surface area contributed by atoms with Crippen molar-refractivity contribution in [2.45, 2.75) is 70.0 Å². The Morgan fingerprint density at radius 2 is 1.88 bits per heavy atom. The zero-order valence-corrected chi connectivity index (χ0v) is 18.7. The van der Waals surface area contributed by atoms with Gasteiger partial charge in [-0.15, -0.1) is 0 Å². The van der Waals surface area contributed by atoms with Crippen LogP contribution in [-0.2, 0) is 17.8 Å². The molecule has 1 aliphatic carbocycles. The Morgan fingerprint density at radius 1 is 1.12 bits per heavy atom. The Hall–Kier alpha value is -3.02. The van der Waals surface area contributed by atoms with Gasteiger partial charge < -0.3 is 19.2 Å². The van der Waals surface area contributed by atoms with Gasteiger partial charge in [0.15, 0.2) is 5.58 Å². The van der Waals surface area contributed by atoms with Crippen LogP contribution in [0.2, 0.25) is 0 Å². The lowest BCUT2D eigenvalue weighted by Crippen LogP contribution is -2.65. The molecule has 1 aromatic carbocycles. The van der Waals surface area contributed by atoms with E-state index in [1.807, 2.05) is 35.8 Å². The molecule has 6 nitrogen and oxygen atoms in total. The molecule has 0 saturated heterocycles. The zero-order valence-electron chi connectivity index (χ0n) is 18.7. The molecule has 1 fully saturated rings. The summed E-state index contributed by atoms with van der Waals surface area (Å²) in [6.07, 6.45) is 9.13. The lowest BCUT2D eigenvalue weighted by atomic mass is 9.93. The van der Waals surface area contributed by atoms with Crippen LogP contribution in [0, 0.1) is 0 Å². The number of benzene rings is 1. The maximum Gasteiger partial charge on any atom is 0.271 e. The summed E-state index contributed by atoms with van der Waals surface area (Å²) in [6, 6.07) is 14.0. The first-order valence-electron chi connectivity index (χ1n) is 11.8. The van der Waals surface area contributed by atoms with Crippen LogP contribution >= 0.6 is 0 Å². The number of fused-ring (bicyclic) bond motifs is 3. The summed E-state index contributed by atoms with van der Waals surface area (Å²) in [5, 5.41) is 3.31. The first kappa shape index (κ1) is 20.9. The quantitative estimate of drug-likeness (QED) is 0.601. The molecule has 3 heterocycles. The van der Waals surface area contributed by atoms with Crippen LogP contribution in [0.4, 0.5) is 0 Å². The summed E-state index contributed by atoms with van der Waals surface area (Å²) in [5.41, 5.74) is 2.33. The maximum atomic E-state index is 13.7. The van der Waals surface area contributed by atoms with Crippen LogP contribution in [-0.4, -0.2) is 39.4 Å². The Bertz CT molecular complexity index is 1110. The molecule has 1 aliphatic heterocycles. The molecule has 1 N–H and O–H groups in total. The van der Waals surface area contributed by atoms with Gasteiger partial charge in [-0.1, -0.05) is 56.0 Å². The normalized spacial score (nSPS) is 22.0. The number of furan rings is 1. The van der Waals surface area contributed by atoms with Crippen LogP contribution in [0.5, 0.6) is 0 Å². The number of hydrogen-bond acceptors (Lipinski definition) is 3. The highest BCUT2D eigenvalue weighted by molar-refractivity contribution is 6.02.